The van der Waals surface area contributed by atoms with Crippen LogP contribution in [0.2, 0.25) is 0 Å². The summed E-state index contributed by atoms with van der Waals surface area (Å²) in [6.45, 7) is 14.7. The van der Waals surface area contributed by atoms with Gasteiger partial charge in [-0.15, -0.1) is 0 Å². The van der Waals surface area contributed by atoms with E-state index in [-0.39, 0.29) is 24.8 Å². The highest BCUT2D eigenvalue weighted by Crippen LogP contribution is 2.15. The first-order valence-electron chi connectivity index (χ1n) is 18.1. The van der Waals surface area contributed by atoms with E-state index in [9.17, 15) is 33.9 Å². The molecule has 0 radical (unpaired) electrons. The summed E-state index contributed by atoms with van der Waals surface area (Å²) in [7, 11) is 0. The maximum absolute atomic E-state index is 13.0. The number of carbonyl (C=O) groups is 6. The smallest absolute Gasteiger partial charge is 0.408 e. The topological polar surface area (TPSA) is 198 Å². The Morgan fingerprint density at radius 1 is 0.500 bits per heavy atom. The van der Waals surface area contributed by atoms with Crippen LogP contribution < -0.4 is 21.3 Å². The molecule has 0 fully saturated rings. The van der Waals surface area contributed by atoms with Crippen molar-refractivity contribution >= 4 is 35.9 Å². The molecule has 0 spiro atoms. The number of esters is 1. The average molecular weight is 715 g/mol. The van der Waals surface area contributed by atoms with Crippen LogP contribution >= 0.6 is 0 Å². The van der Waals surface area contributed by atoms with Gasteiger partial charge in [0.25, 0.3) is 0 Å². The quantitative estimate of drug-likeness (QED) is 0.0483. The third kappa shape index (κ3) is 28.3. The molecule has 0 heterocycles. The van der Waals surface area contributed by atoms with E-state index in [4.69, 9.17) is 14.2 Å². The molecular weight excluding hydrogens is 648 g/mol. The van der Waals surface area contributed by atoms with Gasteiger partial charge in [-0.1, -0.05) is 64.2 Å². The molecule has 0 aromatic rings. The summed E-state index contributed by atoms with van der Waals surface area (Å²) in [5, 5.41) is 19.2. The van der Waals surface area contributed by atoms with Gasteiger partial charge in [0.15, 0.2) is 0 Å². The lowest BCUT2D eigenvalue weighted by molar-refractivity contribution is -0.155. The maximum Gasteiger partial charge on any atom is 0.408 e. The molecule has 0 aliphatic rings. The number of hydrogen-bond acceptors (Lipinski definition) is 9. The number of carboxylic acids is 1. The highest BCUT2D eigenvalue weighted by molar-refractivity contribution is 5.88. The second-order valence-electron chi connectivity index (χ2n) is 15.6. The van der Waals surface area contributed by atoms with Crippen molar-refractivity contribution in [3.63, 3.8) is 0 Å². The van der Waals surface area contributed by atoms with E-state index >= 15 is 0 Å². The molecule has 0 aromatic heterocycles. The molecule has 50 heavy (non-hydrogen) atoms. The Morgan fingerprint density at radius 3 is 1.26 bits per heavy atom. The lowest BCUT2D eigenvalue weighted by Gasteiger charge is -2.24. The largest absolute Gasteiger partial charge is 0.480 e. The number of unbranched alkanes of at least 4 members (excludes halogenated alkanes) is 11. The van der Waals surface area contributed by atoms with E-state index in [2.05, 4.69) is 21.3 Å². The minimum absolute atomic E-state index is 0.123. The second kappa shape index (κ2) is 23.8. The number of aliphatic carboxylic acids is 1. The molecule has 4 amide bonds. The first kappa shape index (κ1) is 46.4. The van der Waals surface area contributed by atoms with E-state index in [1.807, 2.05) is 20.8 Å². The summed E-state index contributed by atoms with van der Waals surface area (Å²) in [5.41, 5.74) is -2.12. The summed E-state index contributed by atoms with van der Waals surface area (Å²) in [5.74, 6) is -2.58. The number of carbonyl (C=O) groups excluding carboxylic acids is 5. The average Bonchev–Trinajstić information content (AvgIpc) is 2.94. The van der Waals surface area contributed by atoms with E-state index in [1.165, 1.54) is 25.7 Å². The van der Waals surface area contributed by atoms with Crippen molar-refractivity contribution < 1.29 is 48.1 Å². The van der Waals surface area contributed by atoms with Gasteiger partial charge in [-0.25, -0.2) is 14.4 Å². The molecular formula is C36H66N4O10. The van der Waals surface area contributed by atoms with Crippen LogP contribution in [-0.2, 0) is 33.4 Å². The van der Waals surface area contributed by atoms with Gasteiger partial charge >= 0.3 is 24.1 Å². The van der Waals surface area contributed by atoms with Crippen LogP contribution in [0.1, 0.15) is 152 Å². The molecule has 0 bridgehead atoms. The van der Waals surface area contributed by atoms with Crippen molar-refractivity contribution in [2.75, 3.05) is 13.1 Å². The van der Waals surface area contributed by atoms with Crippen molar-refractivity contribution in [2.24, 2.45) is 0 Å². The van der Waals surface area contributed by atoms with E-state index in [1.54, 1.807) is 41.5 Å². The predicted octanol–water partition coefficient (Wildman–Crippen LogP) is 5.89. The zero-order valence-electron chi connectivity index (χ0n) is 32.1. The van der Waals surface area contributed by atoms with Crippen molar-refractivity contribution in [2.45, 2.75) is 181 Å². The molecule has 14 nitrogen and oxygen atoms in total. The number of hydrogen-bond donors (Lipinski definition) is 5. The van der Waals surface area contributed by atoms with E-state index < -0.39 is 59.5 Å². The molecule has 0 rings (SSSR count). The number of amides is 4. The highest BCUT2D eigenvalue weighted by atomic mass is 16.6. The molecule has 2 atom stereocenters. The van der Waals surface area contributed by atoms with Crippen molar-refractivity contribution in [1.29, 1.82) is 0 Å². The Kier molecular flexibility index (Phi) is 22.1. The zero-order valence-corrected chi connectivity index (χ0v) is 32.1. The third-order valence-electron chi connectivity index (χ3n) is 6.94. The molecule has 0 aromatic carbocycles. The minimum Gasteiger partial charge on any atom is -0.480 e. The first-order valence-corrected chi connectivity index (χ1v) is 18.1. The fourth-order valence-electron chi connectivity index (χ4n) is 4.65. The van der Waals surface area contributed by atoms with Gasteiger partial charge < -0.3 is 40.6 Å². The first-order chi connectivity index (χ1) is 23.1. The Hall–Kier alpha value is -3.58. The van der Waals surface area contributed by atoms with Crippen LogP contribution in [0.15, 0.2) is 0 Å². The molecule has 290 valence electrons. The van der Waals surface area contributed by atoms with Crippen LogP contribution in [0.4, 0.5) is 9.59 Å². The van der Waals surface area contributed by atoms with Gasteiger partial charge in [-0.05, 0) is 75.2 Å². The van der Waals surface area contributed by atoms with Gasteiger partial charge in [0.1, 0.15) is 28.9 Å². The van der Waals surface area contributed by atoms with Gasteiger partial charge in [-0.2, -0.15) is 0 Å². The van der Waals surface area contributed by atoms with Crippen molar-refractivity contribution in [3.05, 3.63) is 0 Å². The maximum atomic E-state index is 13.0. The standard InChI is InChI=1S/C36H66N4O10/c1-34(2,3)48-29(42)23-21-19-17-15-13-11-10-12-14-16-18-20-22-28(41)37-24-26(39-32(46)49-35(4,5)6)30(43)38-25-27(31(44)45)40-33(47)50-36(7,8)9/h26-27H,10-25H2,1-9H3,(H,37,41)(H,38,43)(H,39,46)(H,40,47)(H,44,45)/t26-,27-/m0/s1. The minimum atomic E-state index is -1.50. The van der Waals surface area contributed by atoms with Crippen LogP contribution in [0.3, 0.4) is 0 Å². The number of rotatable bonds is 23. The van der Waals surface area contributed by atoms with Crippen LogP contribution in [0.25, 0.3) is 0 Å². The lowest BCUT2D eigenvalue weighted by Crippen LogP contribution is -2.56. The van der Waals surface area contributed by atoms with Crippen LogP contribution in [0, 0.1) is 0 Å². The van der Waals surface area contributed by atoms with Crippen molar-refractivity contribution in [1.82, 2.24) is 21.3 Å². The number of nitrogens with one attached hydrogen (secondary N) is 4. The van der Waals surface area contributed by atoms with Gasteiger partial charge in [-0.3, -0.25) is 14.4 Å². The van der Waals surface area contributed by atoms with Crippen LogP contribution in [-0.4, -0.2) is 83.0 Å². The molecule has 0 saturated heterocycles. The Balaban J connectivity index is 4.45. The summed E-state index contributed by atoms with van der Waals surface area (Å²) < 4.78 is 15.6. The highest BCUT2D eigenvalue weighted by Gasteiger charge is 2.28. The Bertz CT molecular complexity index is 1060. The van der Waals surface area contributed by atoms with Crippen LogP contribution in [0.5, 0.6) is 0 Å². The fourth-order valence-corrected chi connectivity index (χ4v) is 4.65. The summed E-state index contributed by atoms with van der Waals surface area (Å²) in [4.78, 5) is 73.3. The number of carboxylic acid groups (broad SMARTS) is 1. The number of alkyl carbamates (subject to hydrolysis) is 2. The van der Waals surface area contributed by atoms with Gasteiger partial charge in [0.05, 0.1) is 0 Å². The Morgan fingerprint density at radius 2 is 0.860 bits per heavy atom. The monoisotopic (exact) mass is 714 g/mol. The zero-order chi connectivity index (χ0) is 38.4. The predicted molar refractivity (Wildman–Crippen MR) is 190 cm³/mol. The molecule has 14 heteroatoms. The summed E-state index contributed by atoms with van der Waals surface area (Å²) in [6, 6.07) is -2.76. The second-order valence-corrected chi connectivity index (χ2v) is 15.6. The normalized spacial score (nSPS) is 13.0. The van der Waals surface area contributed by atoms with Crippen molar-refractivity contribution in [3.8, 4) is 0 Å². The summed E-state index contributed by atoms with van der Waals surface area (Å²) in [6.07, 6.45) is 11.5. The third-order valence-corrected chi connectivity index (χ3v) is 6.94. The summed E-state index contributed by atoms with van der Waals surface area (Å²) >= 11 is 0. The Labute approximate surface area is 299 Å². The molecule has 0 saturated carbocycles. The molecule has 0 aliphatic heterocycles. The van der Waals surface area contributed by atoms with Gasteiger partial charge in [0, 0.05) is 25.9 Å². The van der Waals surface area contributed by atoms with Gasteiger partial charge in [0.2, 0.25) is 11.8 Å². The number of ether oxygens (including phenoxy) is 3. The fraction of sp³-hybridized carbons (Fsp3) is 0.833. The molecule has 0 unspecified atom stereocenters. The SMILES string of the molecule is CC(C)(C)OC(=O)CCCCCCCCCCCCCCC(=O)NC[C@H](NC(=O)OC(C)(C)C)C(=O)NC[C@H](NC(=O)OC(C)(C)C)C(=O)O. The molecule has 5 N–H and O–H groups in total. The molecule has 0 aliphatic carbocycles. The van der Waals surface area contributed by atoms with E-state index in [0.717, 1.165) is 44.9 Å². The lowest BCUT2D eigenvalue weighted by atomic mass is 10.0. The van der Waals surface area contributed by atoms with E-state index in [0.29, 0.717) is 12.8 Å².